The van der Waals surface area contributed by atoms with E-state index in [4.69, 9.17) is 4.74 Å². The summed E-state index contributed by atoms with van der Waals surface area (Å²) in [4.78, 5) is 10.8. The Balaban J connectivity index is 3.81. The molecule has 0 aliphatic carbocycles. The van der Waals surface area contributed by atoms with Crippen LogP contribution in [-0.2, 0) is 9.53 Å². The number of esters is 1. The Morgan fingerprint density at radius 3 is 2.47 bits per heavy atom. The Bertz CT molecular complexity index is 206. The molecule has 15 heavy (non-hydrogen) atoms. The van der Waals surface area contributed by atoms with Gasteiger partial charge in [-0.05, 0) is 12.3 Å². The molecule has 0 N–H and O–H groups in total. The van der Waals surface area contributed by atoms with Crippen LogP contribution in [0.4, 0.5) is 0 Å². The first kappa shape index (κ1) is 14.4. The molecule has 3 heteroatoms. The third kappa shape index (κ3) is 8.42. The first-order valence-corrected chi connectivity index (χ1v) is 9.39. The van der Waals surface area contributed by atoms with E-state index in [0.717, 1.165) is 6.42 Å². The van der Waals surface area contributed by atoms with Gasteiger partial charge in [0.15, 0.2) is 0 Å². The Kier molecular flexibility index (Phi) is 6.57. The zero-order valence-corrected chi connectivity index (χ0v) is 11.5. The van der Waals surface area contributed by atoms with Gasteiger partial charge in [0.05, 0.1) is 6.61 Å². The maximum atomic E-state index is 10.8. The average molecular weight is 228 g/mol. The molecule has 1 unspecified atom stereocenters. The second kappa shape index (κ2) is 6.83. The van der Waals surface area contributed by atoms with E-state index >= 15 is 0 Å². The first-order chi connectivity index (χ1) is 6.89. The minimum atomic E-state index is -0.987. The monoisotopic (exact) mass is 228 g/mol. The van der Waals surface area contributed by atoms with E-state index in [2.05, 4.69) is 33.1 Å². The molecule has 88 valence electrons. The normalized spacial score (nSPS) is 13.3. The van der Waals surface area contributed by atoms with Crippen molar-refractivity contribution < 1.29 is 9.53 Å². The molecule has 0 aromatic heterocycles. The fraction of sp³-hybridized carbons (Fsp3) is 0.750. The lowest BCUT2D eigenvalue weighted by atomic mass is 10.1. The van der Waals surface area contributed by atoms with Crippen LogP contribution in [0.5, 0.6) is 0 Å². The molecular formula is C12H24O2Si. The highest BCUT2D eigenvalue weighted by atomic mass is 28.3. The number of carbonyl (C=O) groups excluding carboxylic acids is 1. The molecule has 0 spiro atoms. The fourth-order valence-corrected chi connectivity index (χ4v) is 3.93. The van der Waals surface area contributed by atoms with Crippen molar-refractivity contribution in [3.63, 3.8) is 0 Å². The highest BCUT2D eigenvalue weighted by Gasteiger charge is 2.19. The summed E-state index contributed by atoms with van der Waals surface area (Å²) < 4.78 is 5.00. The van der Waals surface area contributed by atoms with Crippen molar-refractivity contribution >= 4 is 14.0 Å². The minimum Gasteiger partial charge on any atom is -0.463 e. The van der Waals surface area contributed by atoms with Crippen LogP contribution < -0.4 is 0 Å². The third-order valence-electron chi connectivity index (χ3n) is 2.42. The van der Waals surface area contributed by atoms with Crippen molar-refractivity contribution in [1.82, 2.24) is 0 Å². The van der Waals surface area contributed by atoms with Crippen LogP contribution >= 0.6 is 0 Å². The van der Waals surface area contributed by atoms with E-state index in [9.17, 15) is 4.79 Å². The van der Waals surface area contributed by atoms with Crippen molar-refractivity contribution in [1.29, 1.82) is 0 Å². The Hall–Kier alpha value is -0.573. The summed E-state index contributed by atoms with van der Waals surface area (Å²) in [5.41, 5.74) is 0. The molecular weight excluding hydrogens is 204 g/mol. The number of rotatable bonds is 7. The molecule has 0 heterocycles. The molecule has 0 aliphatic rings. The van der Waals surface area contributed by atoms with Crippen LogP contribution in [0.15, 0.2) is 12.7 Å². The molecule has 0 rings (SSSR count). The standard InChI is InChI=1S/C12H24O2Si/c1-6-11(10-15(3,4)5)8-9-14-12(13)7-2/h7,11H,2,6,8-10H2,1,3-5H3. The lowest BCUT2D eigenvalue weighted by Gasteiger charge is -2.23. The summed E-state index contributed by atoms with van der Waals surface area (Å²) in [6, 6.07) is 1.31. The third-order valence-corrected chi connectivity index (χ3v) is 4.22. The summed E-state index contributed by atoms with van der Waals surface area (Å²) in [7, 11) is -0.987. The van der Waals surface area contributed by atoms with Gasteiger partial charge in [0, 0.05) is 14.1 Å². The predicted octanol–water partition coefficient (Wildman–Crippen LogP) is 3.47. The van der Waals surface area contributed by atoms with Gasteiger partial charge in [-0.2, -0.15) is 0 Å². The second-order valence-corrected chi connectivity index (χ2v) is 10.7. The summed E-state index contributed by atoms with van der Waals surface area (Å²) in [5, 5.41) is 0. The molecule has 0 aromatic rings. The number of carbonyl (C=O) groups is 1. The molecule has 0 radical (unpaired) electrons. The fourth-order valence-electron chi connectivity index (χ4n) is 1.70. The highest BCUT2D eigenvalue weighted by molar-refractivity contribution is 6.76. The van der Waals surface area contributed by atoms with Gasteiger partial charge in [0.2, 0.25) is 0 Å². The zero-order valence-electron chi connectivity index (χ0n) is 10.5. The zero-order chi connectivity index (χ0) is 11.9. The van der Waals surface area contributed by atoms with E-state index < -0.39 is 8.07 Å². The topological polar surface area (TPSA) is 26.3 Å². The quantitative estimate of drug-likeness (QED) is 0.379. The van der Waals surface area contributed by atoms with Crippen LogP contribution in [-0.4, -0.2) is 20.7 Å². The van der Waals surface area contributed by atoms with Gasteiger partial charge in [0.25, 0.3) is 0 Å². The smallest absolute Gasteiger partial charge is 0.330 e. The summed E-state index contributed by atoms with van der Waals surface area (Å²) >= 11 is 0. The highest BCUT2D eigenvalue weighted by Crippen LogP contribution is 2.22. The van der Waals surface area contributed by atoms with Gasteiger partial charge in [0.1, 0.15) is 0 Å². The van der Waals surface area contributed by atoms with Crippen LogP contribution in [0.2, 0.25) is 25.7 Å². The van der Waals surface area contributed by atoms with Crippen LogP contribution in [0.1, 0.15) is 19.8 Å². The Labute approximate surface area is 94.7 Å². The number of ether oxygens (including phenoxy) is 1. The SMILES string of the molecule is C=CC(=O)OCCC(CC)C[Si](C)(C)C. The molecule has 0 saturated carbocycles. The number of hydrogen-bond donors (Lipinski definition) is 0. The van der Waals surface area contributed by atoms with Crippen LogP contribution in [0, 0.1) is 5.92 Å². The molecule has 1 atom stereocenters. The lowest BCUT2D eigenvalue weighted by molar-refractivity contribution is -0.138. The van der Waals surface area contributed by atoms with Crippen LogP contribution in [0.3, 0.4) is 0 Å². The summed E-state index contributed by atoms with van der Waals surface area (Å²) in [5.74, 6) is 0.395. The minimum absolute atomic E-state index is 0.308. The van der Waals surface area contributed by atoms with Crippen molar-refractivity contribution in [3.8, 4) is 0 Å². The number of hydrogen-bond acceptors (Lipinski definition) is 2. The van der Waals surface area contributed by atoms with Gasteiger partial charge >= 0.3 is 5.97 Å². The van der Waals surface area contributed by atoms with E-state index in [-0.39, 0.29) is 5.97 Å². The largest absolute Gasteiger partial charge is 0.463 e. The first-order valence-electron chi connectivity index (χ1n) is 5.68. The van der Waals surface area contributed by atoms with E-state index in [1.165, 1.54) is 18.5 Å². The summed E-state index contributed by atoms with van der Waals surface area (Å²) in [6.07, 6.45) is 3.38. The molecule has 0 fully saturated rings. The van der Waals surface area contributed by atoms with Crippen molar-refractivity contribution in [2.45, 2.75) is 45.5 Å². The van der Waals surface area contributed by atoms with E-state index in [1.807, 2.05) is 0 Å². The lowest BCUT2D eigenvalue weighted by Crippen LogP contribution is -2.24. The predicted molar refractivity (Wildman–Crippen MR) is 67.7 cm³/mol. The van der Waals surface area contributed by atoms with Crippen LogP contribution in [0.25, 0.3) is 0 Å². The molecule has 0 saturated heterocycles. The average Bonchev–Trinajstić information content (AvgIpc) is 2.14. The van der Waals surface area contributed by atoms with Crippen molar-refractivity contribution in [3.05, 3.63) is 12.7 Å². The maximum absolute atomic E-state index is 10.8. The van der Waals surface area contributed by atoms with Gasteiger partial charge in [-0.1, -0.05) is 45.6 Å². The molecule has 2 nitrogen and oxygen atoms in total. The molecule has 0 bridgehead atoms. The van der Waals surface area contributed by atoms with Gasteiger partial charge < -0.3 is 4.74 Å². The van der Waals surface area contributed by atoms with Gasteiger partial charge in [-0.25, -0.2) is 4.79 Å². The molecule has 0 aliphatic heterocycles. The Morgan fingerprint density at radius 1 is 1.47 bits per heavy atom. The second-order valence-electron chi connectivity index (χ2n) is 5.20. The van der Waals surface area contributed by atoms with Gasteiger partial charge in [-0.3, -0.25) is 0 Å². The summed E-state index contributed by atoms with van der Waals surface area (Å²) in [6.45, 7) is 13.3. The molecule has 0 aromatic carbocycles. The maximum Gasteiger partial charge on any atom is 0.330 e. The van der Waals surface area contributed by atoms with E-state index in [0.29, 0.717) is 12.5 Å². The van der Waals surface area contributed by atoms with Gasteiger partial charge in [-0.15, -0.1) is 0 Å². The van der Waals surface area contributed by atoms with E-state index in [1.54, 1.807) is 0 Å². The molecule has 0 amide bonds. The van der Waals surface area contributed by atoms with Crippen molar-refractivity contribution in [2.24, 2.45) is 5.92 Å². The van der Waals surface area contributed by atoms with Crippen molar-refractivity contribution in [2.75, 3.05) is 6.61 Å². The Morgan fingerprint density at radius 2 is 2.07 bits per heavy atom.